The van der Waals surface area contributed by atoms with E-state index in [1.165, 1.54) is 24.1 Å². The summed E-state index contributed by atoms with van der Waals surface area (Å²) in [4.78, 5) is 14.0. The lowest BCUT2D eigenvalue weighted by atomic mass is 9.82. The fraction of sp³-hybridized carbons (Fsp3) is 0.588. The highest BCUT2D eigenvalue weighted by molar-refractivity contribution is 5.84. The third kappa shape index (κ3) is 4.00. The largest absolute Gasteiger partial charge is 0.494 e. The van der Waals surface area contributed by atoms with Crippen molar-refractivity contribution < 1.29 is 23.8 Å². The van der Waals surface area contributed by atoms with E-state index >= 15 is 0 Å². The van der Waals surface area contributed by atoms with Crippen LogP contribution in [0.2, 0.25) is 0 Å². The molecule has 23 heavy (non-hydrogen) atoms. The number of rotatable bonds is 5. The van der Waals surface area contributed by atoms with E-state index < -0.39 is 11.4 Å². The van der Waals surface area contributed by atoms with E-state index in [1.807, 2.05) is 0 Å². The van der Waals surface area contributed by atoms with Crippen LogP contribution in [0.25, 0.3) is 0 Å². The van der Waals surface area contributed by atoms with Crippen molar-refractivity contribution in [3.63, 3.8) is 0 Å². The summed E-state index contributed by atoms with van der Waals surface area (Å²) in [6.45, 7) is 2.89. The van der Waals surface area contributed by atoms with Crippen LogP contribution in [0.15, 0.2) is 18.2 Å². The lowest BCUT2D eigenvalue weighted by molar-refractivity contribution is -0.158. The molecule has 0 aromatic heterocycles. The molecule has 1 aromatic carbocycles. The average molecular weight is 325 g/mol. The lowest BCUT2D eigenvalue weighted by Gasteiger charge is -2.36. The van der Waals surface area contributed by atoms with Gasteiger partial charge in [0.2, 0.25) is 0 Å². The van der Waals surface area contributed by atoms with E-state index in [0.29, 0.717) is 31.6 Å². The van der Waals surface area contributed by atoms with Gasteiger partial charge in [0, 0.05) is 32.7 Å². The van der Waals surface area contributed by atoms with Crippen LogP contribution in [0.4, 0.5) is 4.39 Å². The Morgan fingerprint density at radius 1 is 1.48 bits per heavy atom. The molecule has 1 atom stereocenters. The van der Waals surface area contributed by atoms with Gasteiger partial charge in [-0.1, -0.05) is 6.07 Å². The molecule has 5 nitrogen and oxygen atoms in total. The minimum atomic E-state index is -1.44. The molecule has 1 aliphatic rings. The first kappa shape index (κ1) is 17.7. The topological polar surface area (TPSA) is 59.0 Å². The highest BCUT2D eigenvalue weighted by Crippen LogP contribution is 2.29. The van der Waals surface area contributed by atoms with Crippen LogP contribution in [0.5, 0.6) is 5.75 Å². The van der Waals surface area contributed by atoms with Gasteiger partial charge in [-0.15, -0.1) is 0 Å². The van der Waals surface area contributed by atoms with Crippen molar-refractivity contribution in [2.45, 2.75) is 31.9 Å². The smallest absolute Gasteiger partial charge is 0.254 e. The zero-order chi connectivity index (χ0) is 17.0. The molecule has 1 fully saturated rings. The predicted octanol–water partition coefficient (Wildman–Crippen LogP) is 1.97. The van der Waals surface area contributed by atoms with Gasteiger partial charge in [0.15, 0.2) is 11.6 Å². The molecule has 128 valence electrons. The summed E-state index contributed by atoms with van der Waals surface area (Å²) in [7, 11) is 3.01. The maximum absolute atomic E-state index is 13.7. The van der Waals surface area contributed by atoms with E-state index in [4.69, 9.17) is 9.47 Å². The SMILES string of the molecule is COc1ccc(CN(C)C(=O)C(C)(O)C2CCOCC2)cc1F. The summed E-state index contributed by atoms with van der Waals surface area (Å²) >= 11 is 0. The van der Waals surface area contributed by atoms with E-state index in [2.05, 4.69) is 0 Å². The van der Waals surface area contributed by atoms with Crippen molar-refractivity contribution in [1.82, 2.24) is 4.90 Å². The molecule has 1 aromatic rings. The summed E-state index contributed by atoms with van der Waals surface area (Å²) in [5.74, 6) is -0.793. The molecule has 1 saturated heterocycles. The molecule has 1 N–H and O–H groups in total. The number of benzene rings is 1. The maximum Gasteiger partial charge on any atom is 0.254 e. The van der Waals surface area contributed by atoms with E-state index in [1.54, 1.807) is 20.0 Å². The number of methoxy groups -OCH3 is 1. The van der Waals surface area contributed by atoms with Gasteiger partial charge in [-0.05, 0) is 37.5 Å². The summed E-state index contributed by atoms with van der Waals surface area (Å²) in [5.41, 5.74) is -0.800. The molecule has 0 radical (unpaired) electrons. The minimum absolute atomic E-state index is 0.126. The molecule has 6 heteroatoms. The predicted molar refractivity (Wildman–Crippen MR) is 83.6 cm³/mol. The number of likely N-dealkylation sites (N-methyl/N-ethyl adjacent to an activating group) is 1. The fourth-order valence-electron chi connectivity index (χ4n) is 2.97. The fourth-order valence-corrected chi connectivity index (χ4v) is 2.97. The number of halogens is 1. The Bertz CT molecular complexity index is 556. The molecule has 0 aliphatic carbocycles. The first-order valence-corrected chi connectivity index (χ1v) is 7.74. The molecule has 1 unspecified atom stereocenters. The highest BCUT2D eigenvalue weighted by Gasteiger charge is 2.41. The molecular weight excluding hydrogens is 301 g/mol. The summed E-state index contributed by atoms with van der Waals surface area (Å²) in [6.07, 6.45) is 1.31. The number of carbonyl (C=O) groups excluding carboxylic acids is 1. The summed E-state index contributed by atoms with van der Waals surface area (Å²) in [5, 5.41) is 10.7. The second-order valence-electron chi connectivity index (χ2n) is 6.16. The maximum atomic E-state index is 13.7. The van der Waals surface area contributed by atoms with E-state index in [0.717, 1.165) is 0 Å². The summed E-state index contributed by atoms with van der Waals surface area (Å²) < 4.78 is 23.9. The molecular formula is C17H24FNO4. The van der Waals surface area contributed by atoms with Crippen molar-refractivity contribution >= 4 is 5.91 Å². The van der Waals surface area contributed by atoms with Gasteiger partial charge < -0.3 is 19.5 Å². The second-order valence-corrected chi connectivity index (χ2v) is 6.16. The first-order chi connectivity index (χ1) is 10.9. The van der Waals surface area contributed by atoms with Crippen LogP contribution in [0.3, 0.4) is 0 Å². The molecule has 1 amide bonds. The number of hydrogen-bond donors (Lipinski definition) is 1. The molecule has 1 aliphatic heterocycles. The van der Waals surface area contributed by atoms with Gasteiger partial charge in [0.05, 0.1) is 7.11 Å². The molecule has 0 bridgehead atoms. The van der Waals surface area contributed by atoms with Crippen molar-refractivity contribution in [1.29, 1.82) is 0 Å². The van der Waals surface area contributed by atoms with Crippen molar-refractivity contribution in [3.05, 3.63) is 29.6 Å². The number of ether oxygens (including phenoxy) is 2. The zero-order valence-electron chi connectivity index (χ0n) is 13.8. The Morgan fingerprint density at radius 3 is 2.70 bits per heavy atom. The van der Waals surface area contributed by atoms with E-state index in [9.17, 15) is 14.3 Å². The number of hydrogen-bond acceptors (Lipinski definition) is 4. The molecule has 2 rings (SSSR count). The van der Waals surface area contributed by atoms with Gasteiger partial charge in [-0.25, -0.2) is 4.39 Å². The third-order valence-corrected chi connectivity index (χ3v) is 4.43. The monoisotopic (exact) mass is 325 g/mol. The third-order valence-electron chi connectivity index (χ3n) is 4.43. The minimum Gasteiger partial charge on any atom is -0.494 e. The van der Waals surface area contributed by atoms with Gasteiger partial charge >= 0.3 is 0 Å². The Morgan fingerprint density at radius 2 is 2.13 bits per heavy atom. The number of nitrogens with zero attached hydrogens (tertiary/aromatic N) is 1. The Kier molecular flexibility index (Phi) is 5.59. The van der Waals surface area contributed by atoms with Crippen LogP contribution in [0.1, 0.15) is 25.3 Å². The van der Waals surface area contributed by atoms with Gasteiger partial charge in [0.25, 0.3) is 5.91 Å². The standard InChI is InChI=1S/C17H24FNO4/c1-17(21,13-6-8-23-9-7-13)16(20)19(2)11-12-4-5-15(22-3)14(18)10-12/h4-5,10,13,21H,6-9,11H2,1-3H3. The Labute approximate surface area is 136 Å². The lowest BCUT2D eigenvalue weighted by Crippen LogP contribution is -2.51. The van der Waals surface area contributed by atoms with Crippen molar-refractivity contribution in [2.24, 2.45) is 5.92 Å². The molecule has 1 heterocycles. The molecule has 0 saturated carbocycles. The summed E-state index contributed by atoms with van der Waals surface area (Å²) in [6, 6.07) is 4.57. The Balaban J connectivity index is 2.05. The van der Waals surface area contributed by atoms with Gasteiger partial charge in [0.1, 0.15) is 5.60 Å². The molecule has 0 spiro atoms. The van der Waals surface area contributed by atoms with Crippen molar-refractivity contribution in [2.75, 3.05) is 27.4 Å². The Hall–Kier alpha value is -1.66. The van der Waals surface area contributed by atoms with Crippen LogP contribution >= 0.6 is 0 Å². The number of amides is 1. The zero-order valence-corrected chi connectivity index (χ0v) is 13.8. The second kappa shape index (κ2) is 7.27. The number of carbonyl (C=O) groups is 1. The highest BCUT2D eigenvalue weighted by atomic mass is 19.1. The van der Waals surface area contributed by atoms with Gasteiger partial charge in [-0.3, -0.25) is 4.79 Å². The van der Waals surface area contributed by atoms with Crippen LogP contribution < -0.4 is 4.74 Å². The quantitative estimate of drug-likeness (QED) is 0.899. The average Bonchev–Trinajstić information content (AvgIpc) is 2.55. The normalized spacial score (nSPS) is 18.3. The van der Waals surface area contributed by atoms with Gasteiger partial charge in [-0.2, -0.15) is 0 Å². The van der Waals surface area contributed by atoms with Crippen LogP contribution in [0, 0.1) is 11.7 Å². The van der Waals surface area contributed by atoms with E-state index in [-0.39, 0.29) is 24.1 Å². The first-order valence-electron chi connectivity index (χ1n) is 7.74. The van der Waals surface area contributed by atoms with Crippen LogP contribution in [-0.4, -0.2) is 48.9 Å². The number of aliphatic hydroxyl groups is 1. The van der Waals surface area contributed by atoms with Crippen LogP contribution in [-0.2, 0) is 16.1 Å². The van der Waals surface area contributed by atoms with Crippen molar-refractivity contribution in [3.8, 4) is 5.75 Å².